The number of carbonyl (C=O) groups is 1. The highest BCUT2D eigenvalue weighted by atomic mass is 16.6. The molecule has 2 saturated heterocycles. The van der Waals surface area contributed by atoms with Crippen LogP contribution in [-0.2, 0) is 9.53 Å². The first-order valence-electron chi connectivity index (χ1n) is 7.51. The lowest BCUT2D eigenvalue weighted by molar-refractivity contribution is -0.119. The van der Waals surface area contributed by atoms with Crippen LogP contribution in [0, 0.1) is 0 Å². The maximum atomic E-state index is 11.1. The minimum Gasteiger partial charge on any atom is -0.351 e. The largest absolute Gasteiger partial charge is 0.351 e. The van der Waals surface area contributed by atoms with Crippen LogP contribution in [0.1, 0.15) is 33.6 Å². The molecule has 6 nitrogen and oxygen atoms in total. The number of nitrogens with one attached hydrogen (secondary N) is 2. The van der Waals surface area contributed by atoms with Gasteiger partial charge in [-0.25, -0.2) is 0 Å². The molecule has 0 aliphatic carbocycles. The van der Waals surface area contributed by atoms with Crippen molar-refractivity contribution in [3.63, 3.8) is 0 Å². The zero-order chi connectivity index (χ0) is 14.3. The predicted octanol–water partition coefficient (Wildman–Crippen LogP) is 0.0905. The van der Waals surface area contributed by atoms with Crippen molar-refractivity contribution >= 4 is 11.6 Å². The summed E-state index contributed by atoms with van der Waals surface area (Å²) < 4.78 is 5.82. The van der Waals surface area contributed by atoms with Crippen molar-refractivity contribution in [1.29, 1.82) is 0 Å². The molecule has 0 aromatic carbocycles. The third-order valence-electron chi connectivity index (χ3n) is 4.38. The van der Waals surface area contributed by atoms with Gasteiger partial charge in [-0.05, 0) is 26.7 Å². The Morgan fingerprint density at radius 1 is 1.60 bits per heavy atom. The summed E-state index contributed by atoms with van der Waals surface area (Å²) in [5.41, 5.74) is 1.18. The predicted molar refractivity (Wildman–Crippen MR) is 76.6 cm³/mol. The minimum atomic E-state index is 0.00223. The van der Waals surface area contributed by atoms with Gasteiger partial charge in [-0.2, -0.15) is 0 Å². The smallest absolute Gasteiger partial charge is 0.217 e. The Labute approximate surface area is 119 Å². The van der Waals surface area contributed by atoms with E-state index in [9.17, 15) is 4.79 Å². The topological polar surface area (TPSA) is 69.3 Å². The van der Waals surface area contributed by atoms with Crippen LogP contribution in [0.2, 0.25) is 0 Å². The van der Waals surface area contributed by atoms with E-state index in [1.54, 1.807) is 6.92 Å². The summed E-state index contributed by atoms with van der Waals surface area (Å²) in [5, 5.41) is 6.38. The van der Waals surface area contributed by atoms with E-state index in [1.807, 2.05) is 6.92 Å². The van der Waals surface area contributed by atoms with Gasteiger partial charge in [0, 0.05) is 31.8 Å². The second kappa shape index (κ2) is 5.42. The summed E-state index contributed by atoms with van der Waals surface area (Å²) in [6.45, 7) is 7.58. The molecule has 0 bridgehead atoms. The summed E-state index contributed by atoms with van der Waals surface area (Å²) in [7, 11) is 0. The Morgan fingerprint density at radius 3 is 3.05 bits per heavy atom. The molecule has 0 saturated carbocycles. The number of hydrogen-bond acceptors (Lipinski definition) is 5. The van der Waals surface area contributed by atoms with Crippen LogP contribution in [-0.4, -0.2) is 60.2 Å². The Bertz CT molecular complexity index is 425. The lowest BCUT2D eigenvalue weighted by atomic mass is 10.1. The highest BCUT2D eigenvalue weighted by Crippen LogP contribution is 2.36. The third kappa shape index (κ3) is 2.73. The molecular weight excluding hydrogens is 256 g/mol. The van der Waals surface area contributed by atoms with Crippen LogP contribution >= 0.6 is 0 Å². The molecule has 20 heavy (non-hydrogen) atoms. The van der Waals surface area contributed by atoms with Gasteiger partial charge in [-0.3, -0.25) is 20.0 Å². The Hall–Kier alpha value is -0.980. The number of rotatable bonds is 4. The van der Waals surface area contributed by atoms with E-state index in [0.717, 1.165) is 19.5 Å². The van der Waals surface area contributed by atoms with E-state index < -0.39 is 0 Å². The van der Waals surface area contributed by atoms with E-state index in [-0.39, 0.29) is 30.4 Å². The van der Waals surface area contributed by atoms with Crippen molar-refractivity contribution in [1.82, 2.24) is 15.5 Å². The van der Waals surface area contributed by atoms with Crippen molar-refractivity contribution in [2.45, 2.75) is 64.2 Å². The lowest BCUT2D eigenvalue weighted by Crippen LogP contribution is -2.47. The number of ether oxygens (including phenoxy) is 1. The number of likely N-dealkylation sites (tertiary alicyclic amines) is 1. The molecule has 2 N–H and O–H groups in total. The molecule has 5 unspecified atom stereocenters. The van der Waals surface area contributed by atoms with E-state index >= 15 is 0 Å². The van der Waals surface area contributed by atoms with Gasteiger partial charge in [0.2, 0.25) is 5.91 Å². The fourth-order valence-corrected chi connectivity index (χ4v) is 3.42. The molecule has 0 aromatic heterocycles. The summed E-state index contributed by atoms with van der Waals surface area (Å²) in [4.78, 5) is 18.2. The van der Waals surface area contributed by atoms with Crippen LogP contribution in [0.3, 0.4) is 0 Å². The van der Waals surface area contributed by atoms with Gasteiger partial charge in [-0.1, -0.05) is 0 Å². The molecule has 112 valence electrons. The van der Waals surface area contributed by atoms with Gasteiger partial charge in [0.25, 0.3) is 0 Å². The summed E-state index contributed by atoms with van der Waals surface area (Å²) >= 11 is 0. The van der Waals surface area contributed by atoms with Crippen LogP contribution in [0.15, 0.2) is 4.99 Å². The molecule has 3 aliphatic heterocycles. The van der Waals surface area contributed by atoms with Crippen molar-refractivity contribution in [3.8, 4) is 0 Å². The minimum absolute atomic E-state index is 0.00223. The van der Waals surface area contributed by atoms with E-state index in [2.05, 4.69) is 27.4 Å². The maximum Gasteiger partial charge on any atom is 0.217 e. The number of aliphatic imine (C=N–C) groups is 1. The fraction of sp³-hybridized carbons (Fsp3) is 0.857. The summed E-state index contributed by atoms with van der Waals surface area (Å²) in [5.74, 6) is 0.00223. The highest BCUT2D eigenvalue weighted by molar-refractivity contribution is 5.85. The van der Waals surface area contributed by atoms with E-state index in [4.69, 9.17) is 4.74 Å². The normalized spacial score (nSPS) is 38.6. The Morgan fingerprint density at radius 2 is 2.40 bits per heavy atom. The van der Waals surface area contributed by atoms with Crippen molar-refractivity contribution in [2.75, 3.05) is 13.1 Å². The fourth-order valence-electron chi connectivity index (χ4n) is 3.42. The molecule has 3 rings (SSSR count). The van der Waals surface area contributed by atoms with Crippen molar-refractivity contribution < 1.29 is 9.53 Å². The van der Waals surface area contributed by atoms with Gasteiger partial charge in [0.1, 0.15) is 18.5 Å². The SMILES string of the molecule is CC(=O)NC(C)C1OC1N1CCCC1C1N=C(C)CN1. The van der Waals surface area contributed by atoms with Gasteiger partial charge in [-0.15, -0.1) is 0 Å². The van der Waals surface area contributed by atoms with E-state index in [0.29, 0.717) is 6.04 Å². The van der Waals surface area contributed by atoms with Gasteiger partial charge < -0.3 is 10.1 Å². The summed E-state index contributed by atoms with van der Waals surface area (Å²) in [6, 6.07) is 0.493. The Balaban J connectivity index is 1.59. The van der Waals surface area contributed by atoms with Gasteiger partial charge >= 0.3 is 0 Å². The molecule has 2 fully saturated rings. The maximum absolute atomic E-state index is 11.1. The number of epoxide rings is 1. The molecular formula is C14H24N4O2. The molecule has 3 aliphatic rings. The van der Waals surface area contributed by atoms with Crippen LogP contribution < -0.4 is 10.6 Å². The first kappa shape index (κ1) is 14.0. The first-order chi connectivity index (χ1) is 9.56. The average molecular weight is 280 g/mol. The molecule has 5 atom stereocenters. The van der Waals surface area contributed by atoms with Crippen LogP contribution in [0.25, 0.3) is 0 Å². The lowest BCUT2D eigenvalue weighted by Gasteiger charge is -2.27. The molecule has 1 amide bonds. The highest BCUT2D eigenvalue weighted by Gasteiger charge is 2.51. The second-order valence-electron chi connectivity index (χ2n) is 6.12. The molecule has 0 aromatic rings. The number of carbonyl (C=O) groups excluding carboxylic acids is 1. The molecule has 0 spiro atoms. The second-order valence-corrected chi connectivity index (χ2v) is 6.12. The monoisotopic (exact) mass is 280 g/mol. The number of nitrogens with zero attached hydrogens (tertiary/aromatic N) is 2. The molecule has 6 heteroatoms. The Kier molecular flexibility index (Phi) is 3.79. The first-order valence-corrected chi connectivity index (χ1v) is 7.51. The zero-order valence-corrected chi connectivity index (χ0v) is 12.4. The van der Waals surface area contributed by atoms with Gasteiger partial charge in [0.15, 0.2) is 0 Å². The quantitative estimate of drug-likeness (QED) is 0.716. The zero-order valence-electron chi connectivity index (χ0n) is 12.4. The van der Waals surface area contributed by atoms with Gasteiger partial charge in [0.05, 0.1) is 6.04 Å². The van der Waals surface area contributed by atoms with Crippen molar-refractivity contribution in [3.05, 3.63) is 0 Å². The average Bonchev–Trinajstić information content (AvgIpc) is 2.81. The van der Waals surface area contributed by atoms with Crippen LogP contribution in [0.4, 0.5) is 0 Å². The third-order valence-corrected chi connectivity index (χ3v) is 4.38. The van der Waals surface area contributed by atoms with E-state index in [1.165, 1.54) is 12.1 Å². The summed E-state index contributed by atoms with van der Waals surface area (Å²) in [6.07, 6.45) is 2.82. The number of amides is 1. The standard InChI is InChI=1S/C14H24N4O2/c1-8-7-15-13(16-8)11-5-4-6-18(11)14-12(20-14)9(2)17-10(3)19/h9,11-15H,4-7H2,1-3H3,(H,17,19). The van der Waals surface area contributed by atoms with Crippen LogP contribution in [0.5, 0.6) is 0 Å². The molecule has 3 heterocycles. The van der Waals surface area contributed by atoms with Crippen molar-refractivity contribution in [2.24, 2.45) is 4.99 Å². The number of hydrogen-bond donors (Lipinski definition) is 2. The molecule has 0 radical (unpaired) electrons.